The smallest absolute Gasteiger partial charge is 0.262 e. The Morgan fingerprint density at radius 2 is 1.48 bits per heavy atom. The molecule has 0 saturated carbocycles. The summed E-state index contributed by atoms with van der Waals surface area (Å²) < 4.78 is 53.6. The standard InChI is InChI=1S/C19H14F2N2O3S/c20-16-11-10-14(12-17(16)21)27(25,26)23-18-9-5-4-8-15(18)19(24)22-13-6-2-1-3-7-13/h1-12,23H,(H,22,24). The monoisotopic (exact) mass is 388 g/mol. The number of nitrogens with one attached hydrogen (secondary N) is 2. The van der Waals surface area contributed by atoms with E-state index in [1.165, 1.54) is 12.1 Å². The molecule has 0 bridgehead atoms. The van der Waals surface area contributed by atoms with Gasteiger partial charge in [-0.3, -0.25) is 9.52 Å². The number of hydrogen-bond donors (Lipinski definition) is 2. The molecule has 0 aliphatic carbocycles. The van der Waals surface area contributed by atoms with Crippen LogP contribution in [0.2, 0.25) is 0 Å². The van der Waals surface area contributed by atoms with Crippen molar-refractivity contribution >= 4 is 27.3 Å². The third-order valence-electron chi connectivity index (χ3n) is 3.65. The van der Waals surface area contributed by atoms with Gasteiger partial charge in [0, 0.05) is 5.69 Å². The highest BCUT2D eigenvalue weighted by Gasteiger charge is 2.20. The molecule has 0 saturated heterocycles. The summed E-state index contributed by atoms with van der Waals surface area (Å²) in [7, 11) is -4.22. The molecule has 0 heterocycles. The third-order valence-corrected chi connectivity index (χ3v) is 5.01. The summed E-state index contributed by atoms with van der Waals surface area (Å²) >= 11 is 0. The first-order valence-corrected chi connectivity index (χ1v) is 9.28. The molecule has 5 nitrogen and oxygen atoms in total. The molecule has 0 aromatic heterocycles. The number of amides is 1. The summed E-state index contributed by atoms with van der Waals surface area (Å²) in [6.45, 7) is 0. The van der Waals surface area contributed by atoms with Gasteiger partial charge in [0.15, 0.2) is 11.6 Å². The lowest BCUT2D eigenvalue weighted by Crippen LogP contribution is -2.18. The van der Waals surface area contributed by atoms with Crippen LogP contribution in [0.5, 0.6) is 0 Å². The topological polar surface area (TPSA) is 75.3 Å². The molecule has 1 amide bonds. The van der Waals surface area contributed by atoms with E-state index in [1.54, 1.807) is 42.5 Å². The zero-order chi connectivity index (χ0) is 19.4. The predicted molar refractivity (Wildman–Crippen MR) is 98.0 cm³/mol. The number of halogens is 2. The highest BCUT2D eigenvalue weighted by Crippen LogP contribution is 2.22. The Hall–Kier alpha value is -3.26. The molecule has 0 aliphatic heterocycles. The van der Waals surface area contributed by atoms with Gasteiger partial charge in [0.05, 0.1) is 16.1 Å². The van der Waals surface area contributed by atoms with Crippen molar-refractivity contribution in [2.45, 2.75) is 4.90 Å². The quantitative estimate of drug-likeness (QED) is 0.693. The zero-order valence-electron chi connectivity index (χ0n) is 13.8. The minimum absolute atomic E-state index is 0.00987. The maximum absolute atomic E-state index is 13.4. The predicted octanol–water partition coefficient (Wildman–Crippen LogP) is 4.02. The summed E-state index contributed by atoms with van der Waals surface area (Å²) in [5.74, 6) is -2.96. The van der Waals surface area contributed by atoms with Crippen LogP contribution < -0.4 is 10.0 Å². The second-order valence-corrected chi connectivity index (χ2v) is 7.23. The van der Waals surface area contributed by atoms with Crippen LogP contribution in [0.4, 0.5) is 20.2 Å². The minimum Gasteiger partial charge on any atom is -0.322 e. The molecule has 0 radical (unpaired) electrons. The number of hydrogen-bond acceptors (Lipinski definition) is 3. The molecule has 8 heteroatoms. The number of para-hydroxylation sites is 2. The Morgan fingerprint density at radius 1 is 0.815 bits per heavy atom. The molecular weight excluding hydrogens is 374 g/mol. The molecular formula is C19H14F2N2O3S. The third kappa shape index (κ3) is 4.29. The average Bonchev–Trinajstić information content (AvgIpc) is 2.65. The van der Waals surface area contributed by atoms with Gasteiger partial charge in [-0.1, -0.05) is 30.3 Å². The number of rotatable bonds is 5. The number of carbonyl (C=O) groups excluding carboxylic acids is 1. The lowest BCUT2D eigenvalue weighted by Gasteiger charge is -2.13. The van der Waals surface area contributed by atoms with Crippen molar-refractivity contribution in [2.75, 3.05) is 10.0 Å². The van der Waals surface area contributed by atoms with Gasteiger partial charge in [0.2, 0.25) is 0 Å². The average molecular weight is 388 g/mol. The van der Waals surface area contributed by atoms with E-state index in [4.69, 9.17) is 0 Å². The van der Waals surface area contributed by atoms with Gasteiger partial charge in [0.25, 0.3) is 15.9 Å². The normalized spacial score (nSPS) is 11.0. The van der Waals surface area contributed by atoms with Crippen LogP contribution >= 0.6 is 0 Å². The summed E-state index contributed by atoms with van der Waals surface area (Å²) in [6.07, 6.45) is 0. The zero-order valence-corrected chi connectivity index (χ0v) is 14.6. The lowest BCUT2D eigenvalue weighted by molar-refractivity contribution is 0.102. The van der Waals surface area contributed by atoms with Crippen molar-refractivity contribution in [3.8, 4) is 0 Å². The maximum atomic E-state index is 13.4. The minimum atomic E-state index is -4.22. The Labute approximate surface area is 154 Å². The van der Waals surface area contributed by atoms with Gasteiger partial charge in [-0.15, -0.1) is 0 Å². The van der Waals surface area contributed by atoms with E-state index in [1.807, 2.05) is 0 Å². The van der Waals surface area contributed by atoms with E-state index >= 15 is 0 Å². The number of anilines is 2. The molecule has 27 heavy (non-hydrogen) atoms. The van der Waals surface area contributed by atoms with Gasteiger partial charge in [-0.25, -0.2) is 17.2 Å². The first-order chi connectivity index (χ1) is 12.9. The Balaban J connectivity index is 1.89. The Bertz CT molecular complexity index is 1090. The Kier molecular flexibility index (Phi) is 5.18. The molecule has 0 aliphatic rings. The molecule has 3 rings (SSSR count). The first kappa shape index (κ1) is 18.5. The summed E-state index contributed by atoms with van der Waals surface area (Å²) in [4.78, 5) is 12.0. The van der Waals surface area contributed by atoms with E-state index in [0.717, 1.165) is 12.1 Å². The highest BCUT2D eigenvalue weighted by atomic mass is 32.2. The van der Waals surface area contributed by atoms with E-state index in [9.17, 15) is 22.0 Å². The fourth-order valence-corrected chi connectivity index (χ4v) is 3.43. The number of benzene rings is 3. The van der Waals surface area contributed by atoms with Gasteiger partial charge in [-0.2, -0.15) is 0 Å². The molecule has 0 fully saturated rings. The largest absolute Gasteiger partial charge is 0.322 e. The van der Waals surface area contributed by atoms with Crippen LogP contribution in [-0.4, -0.2) is 14.3 Å². The van der Waals surface area contributed by atoms with Gasteiger partial charge in [-0.05, 0) is 42.5 Å². The summed E-state index contributed by atoms with van der Waals surface area (Å²) in [6, 6.07) is 16.9. The molecule has 3 aromatic carbocycles. The molecule has 0 spiro atoms. The summed E-state index contributed by atoms with van der Waals surface area (Å²) in [5.41, 5.74) is 0.629. The number of sulfonamides is 1. The van der Waals surface area contributed by atoms with E-state index < -0.39 is 32.5 Å². The number of carbonyl (C=O) groups is 1. The molecule has 138 valence electrons. The Morgan fingerprint density at radius 3 is 2.19 bits per heavy atom. The second kappa shape index (κ2) is 7.55. The SMILES string of the molecule is O=C(Nc1ccccc1)c1ccccc1NS(=O)(=O)c1ccc(F)c(F)c1. The van der Waals surface area contributed by atoms with Crippen LogP contribution in [0.25, 0.3) is 0 Å². The van der Waals surface area contributed by atoms with E-state index in [2.05, 4.69) is 10.0 Å². The van der Waals surface area contributed by atoms with Crippen molar-refractivity contribution in [3.63, 3.8) is 0 Å². The van der Waals surface area contributed by atoms with Crippen LogP contribution in [0.1, 0.15) is 10.4 Å². The van der Waals surface area contributed by atoms with Gasteiger partial charge in [0.1, 0.15) is 0 Å². The van der Waals surface area contributed by atoms with Crippen LogP contribution in [0.15, 0.2) is 77.7 Å². The fraction of sp³-hybridized carbons (Fsp3) is 0. The van der Waals surface area contributed by atoms with Gasteiger partial charge >= 0.3 is 0 Å². The van der Waals surface area contributed by atoms with Crippen molar-refractivity contribution in [1.82, 2.24) is 0 Å². The fourth-order valence-electron chi connectivity index (χ4n) is 2.34. The molecule has 3 aromatic rings. The molecule has 0 atom stereocenters. The van der Waals surface area contributed by atoms with Crippen molar-refractivity contribution in [3.05, 3.63) is 90.0 Å². The molecule has 2 N–H and O–H groups in total. The van der Waals surface area contributed by atoms with Crippen LogP contribution in [-0.2, 0) is 10.0 Å². The first-order valence-electron chi connectivity index (χ1n) is 7.80. The lowest BCUT2D eigenvalue weighted by atomic mass is 10.1. The summed E-state index contributed by atoms with van der Waals surface area (Å²) in [5, 5.41) is 2.66. The maximum Gasteiger partial charge on any atom is 0.262 e. The van der Waals surface area contributed by atoms with Crippen molar-refractivity contribution in [2.24, 2.45) is 0 Å². The highest BCUT2D eigenvalue weighted by molar-refractivity contribution is 7.92. The van der Waals surface area contributed by atoms with E-state index in [0.29, 0.717) is 11.8 Å². The van der Waals surface area contributed by atoms with Crippen molar-refractivity contribution in [1.29, 1.82) is 0 Å². The van der Waals surface area contributed by atoms with Crippen LogP contribution in [0, 0.1) is 11.6 Å². The van der Waals surface area contributed by atoms with Crippen LogP contribution in [0.3, 0.4) is 0 Å². The second-order valence-electron chi connectivity index (χ2n) is 5.55. The molecule has 0 unspecified atom stereocenters. The van der Waals surface area contributed by atoms with Gasteiger partial charge < -0.3 is 5.32 Å². The van der Waals surface area contributed by atoms with Crippen molar-refractivity contribution < 1.29 is 22.0 Å². The van der Waals surface area contributed by atoms with E-state index in [-0.39, 0.29) is 11.3 Å².